The monoisotopic (exact) mass is 562 g/mol. The third-order valence-corrected chi connectivity index (χ3v) is 6.85. The number of nitro benzene ring substituents is 1. The Kier molecular flexibility index (Phi) is 7.64. The molecular weight excluding hydrogens is 536 g/mol. The number of rotatable bonds is 9. The average Bonchev–Trinajstić information content (AvgIpc) is 3.51. The van der Waals surface area contributed by atoms with Crippen molar-refractivity contribution in [3.05, 3.63) is 118 Å². The molecule has 5 aromatic rings. The maximum absolute atomic E-state index is 13.4. The summed E-state index contributed by atoms with van der Waals surface area (Å²) in [5, 5.41) is 20.5. The first-order chi connectivity index (χ1) is 20.6. The van der Waals surface area contributed by atoms with Crippen LogP contribution in [0.4, 0.5) is 11.5 Å². The van der Waals surface area contributed by atoms with Crippen LogP contribution < -0.4 is 9.64 Å². The van der Waals surface area contributed by atoms with Gasteiger partial charge in [-0.3, -0.25) is 14.9 Å². The Balaban J connectivity index is 1.21. The molecule has 0 amide bonds. The van der Waals surface area contributed by atoms with Crippen LogP contribution in [-0.2, 0) is 11.3 Å². The number of anilines is 1. The number of nitrogens with zero attached hydrogens (tertiary/aromatic N) is 6. The van der Waals surface area contributed by atoms with E-state index in [1.807, 2.05) is 30.3 Å². The molecule has 1 saturated heterocycles. The van der Waals surface area contributed by atoms with Gasteiger partial charge in [0.05, 0.1) is 35.4 Å². The Morgan fingerprint density at radius 1 is 1.02 bits per heavy atom. The predicted octanol–water partition coefficient (Wildman–Crippen LogP) is 5.04. The Morgan fingerprint density at radius 2 is 1.79 bits per heavy atom. The van der Waals surface area contributed by atoms with Crippen molar-refractivity contribution < 1.29 is 19.2 Å². The molecule has 3 aromatic carbocycles. The first kappa shape index (κ1) is 26.8. The summed E-state index contributed by atoms with van der Waals surface area (Å²) in [6, 6.07) is 23.2. The average molecular weight is 563 g/mol. The summed E-state index contributed by atoms with van der Waals surface area (Å²) in [5.74, 6) is 0.972. The van der Waals surface area contributed by atoms with Gasteiger partial charge in [-0.1, -0.05) is 47.7 Å². The van der Waals surface area contributed by atoms with Crippen molar-refractivity contribution in [1.29, 1.82) is 0 Å². The van der Waals surface area contributed by atoms with E-state index in [0.29, 0.717) is 35.9 Å². The molecule has 42 heavy (non-hydrogen) atoms. The lowest BCUT2D eigenvalue weighted by Gasteiger charge is -2.29. The maximum Gasteiger partial charge on any atom is 0.294 e. The highest BCUT2D eigenvalue weighted by Gasteiger charge is 2.18. The van der Waals surface area contributed by atoms with Gasteiger partial charge in [0.2, 0.25) is 0 Å². The highest BCUT2D eigenvalue weighted by molar-refractivity contribution is 6.09. The van der Waals surface area contributed by atoms with E-state index in [9.17, 15) is 14.9 Å². The van der Waals surface area contributed by atoms with E-state index in [1.54, 1.807) is 54.7 Å². The van der Waals surface area contributed by atoms with Crippen molar-refractivity contribution in [3.63, 3.8) is 0 Å². The van der Waals surface area contributed by atoms with Crippen LogP contribution in [0.15, 0.2) is 91.1 Å². The van der Waals surface area contributed by atoms with Gasteiger partial charge in [-0.05, 0) is 42.5 Å². The third kappa shape index (κ3) is 5.72. The quantitative estimate of drug-likeness (QED) is 0.105. The number of carbonyl (C=O) groups is 1. The lowest BCUT2D eigenvalue weighted by atomic mass is 10.1. The van der Waals surface area contributed by atoms with Gasteiger partial charge in [0, 0.05) is 30.1 Å². The van der Waals surface area contributed by atoms with Crippen molar-refractivity contribution >= 4 is 34.3 Å². The molecule has 3 heterocycles. The van der Waals surface area contributed by atoms with E-state index in [2.05, 4.69) is 15.2 Å². The van der Waals surface area contributed by atoms with Gasteiger partial charge in [-0.25, -0.2) is 9.67 Å². The molecule has 1 aliphatic rings. The number of carbonyl (C=O) groups excluding carboxylic acids is 1. The fourth-order valence-electron chi connectivity index (χ4n) is 4.77. The first-order valence-electron chi connectivity index (χ1n) is 13.4. The number of ketones is 1. The molecule has 2 aromatic heterocycles. The summed E-state index contributed by atoms with van der Waals surface area (Å²) in [4.78, 5) is 31.4. The van der Waals surface area contributed by atoms with Crippen LogP contribution in [0.5, 0.6) is 5.75 Å². The number of fused-ring (bicyclic) bond motifs is 1. The van der Waals surface area contributed by atoms with Gasteiger partial charge in [0.15, 0.2) is 5.78 Å². The number of ether oxygens (including phenoxy) is 2. The van der Waals surface area contributed by atoms with Crippen molar-refractivity contribution in [2.45, 2.75) is 6.61 Å². The van der Waals surface area contributed by atoms with Crippen molar-refractivity contribution in [3.8, 4) is 11.4 Å². The molecule has 0 saturated carbocycles. The Hall–Kier alpha value is -5.42. The summed E-state index contributed by atoms with van der Waals surface area (Å²) >= 11 is 0. The standard InChI is InChI=1S/C31H26N6O5/c38-29(14-13-23-19-22-7-1-3-9-26(22)32-31(23)35-15-17-41-18-16-35)25-8-2-6-12-30(25)42-21-24-20-36(34-33-24)27-10-4-5-11-28(27)37(39)40/h1-14,19-20H,15-18,21H2/b14-13+. The van der Waals surface area contributed by atoms with Crippen LogP contribution in [0.2, 0.25) is 0 Å². The number of allylic oxidation sites excluding steroid dienone is 1. The van der Waals surface area contributed by atoms with E-state index < -0.39 is 4.92 Å². The molecular formula is C31H26N6O5. The second kappa shape index (κ2) is 12.0. The number of aromatic nitrogens is 4. The van der Waals surface area contributed by atoms with Gasteiger partial charge in [-0.15, -0.1) is 5.10 Å². The molecule has 1 fully saturated rings. The molecule has 0 bridgehead atoms. The lowest BCUT2D eigenvalue weighted by molar-refractivity contribution is -0.384. The SMILES string of the molecule is O=C(/C=C/c1cc2ccccc2nc1N1CCOCC1)c1ccccc1OCc1cn(-c2ccccc2[N+](=O)[O-])nn1. The van der Waals surface area contributed by atoms with Gasteiger partial charge in [0.25, 0.3) is 5.69 Å². The molecule has 1 aliphatic heterocycles. The van der Waals surface area contributed by atoms with Gasteiger partial charge >= 0.3 is 0 Å². The largest absolute Gasteiger partial charge is 0.486 e. The summed E-state index contributed by atoms with van der Waals surface area (Å²) in [6.07, 6.45) is 4.89. The lowest BCUT2D eigenvalue weighted by Crippen LogP contribution is -2.37. The van der Waals surface area contributed by atoms with E-state index in [-0.39, 0.29) is 18.1 Å². The molecule has 0 spiro atoms. The summed E-state index contributed by atoms with van der Waals surface area (Å²) in [5.41, 5.74) is 2.77. The molecule has 0 N–H and O–H groups in total. The molecule has 0 atom stereocenters. The van der Waals surface area contributed by atoms with Crippen molar-refractivity contribution in [2.24, 2.45) is 0 Å². The zero-order chi connectivity index (χ0) is 28.9. The minimum atomic E-state index is -0.472. The van der Waals surface area contributed by atoms with Crippen molar-refractivity contribution in [1.82, 2.24) is 20.0 Å². The Morgan fingerprint density at radius 3 is 2.64 bits per heavy atom. The van der Waals surface area contributed by atoms with Crippen LogP contribution in [0.25, 0.3) is 22.7 Å². The van der Waals surface area contributed by atoms with Crippen LogP contribution in [0.1, 0.15) is 21.6 Å². The van der Waals surface area contributed by atoms with E-state index in [4.69, 9.17) is 14.5 Å². The summed E-state index contributed by atoms with van der Waals surface area (Å²) in [6.45, 7) is 2.71. The van der Waals surface area contributed by atoms with Gasteiger partial charge in [-0.2, -0.15) is 0 Å². The van der Waals surface area contributed by atoms with E-state index >= 15 is 0 Å². The van der Waals surface area contributed by atoms with Crippen LogP contribution in [-0.4, -0.2) is 57.0 Å². The molecule has 11 nitrogen and oxygen atoms in total. The Labute approximate surface area is 240 Å². The highest BCUT2D eigenvalue weighted by atomic mass is 16.6. The van der Waals surface area contributed by atoms with Crippen LogP contribution in [0, 0.1) is 10.1 Å². The number of nitro groups is 1. The number of hydrogen-bond acceptors (Lipinski definition) is 9. The van der Waals surface area contributed by atoms with E-state index in [0.717, 1.165) is 35.4 Å². The van der Waals surface area contributed by atoms with Crippen LogP contribution >= 0.6 is 0 Å². The number of morpholine rings is 1. The Bertz CT molecular complexity index is 1790. The zero-order valence-corrected chi connectivity index (χ0v) is 22.5. The number of hydrogen-bond donors (Lipinski definition) is 0. The smallest absolute Gasteiger partial charge is 0.294 e. The normalized spacial score (nSPS) is 13.5. The maximum atomic E-state index is 13.4. The molecule has 0 radical (unpaired) electrons. The third-order valence-electron chi connectivity index (χ3n) is 6.85. The van der Waals surface area contributed by atoms with Gasteiger partial charge in [0.1, 0.15) is 29.6 Å². The molecule has 0 aliphatic carbocycles. The zero-order valence-electron chi connectivity index (χ0n) is 22.5. The van der Waals surface area contributed by atoms with Crippen LogP contribution in [0.3, 0.4) is 0 Å². The van der Waals surface area contributed by atoms with Crippen molar-refractivity contribution in [2.75, 3.05) is 31.2 Å². The second-order valence-electron chi connectivity index (χ2n) is 9.58. The molecule has 210 valence electrons. The molecule has 0 unspecified atom stereocenters. The van der Waals surface area contributed by atoms with E-state index in [1.165, 1.54) is 16.8 Å². The minimum Gasteiger partial charge on any atom is -0.486 e. The number of benzene rings is 3. The highest BCUT2D eigenvalue weighted by Crippen LogP contribution is 2.27. The molecule has 6 rings (SSSR count). The minimum absolute atomic E-state index is 0.0183. The predicted molar refractivity (Wildman–Crippen MR) is 157 cm³/mol. The number of para-hydroxylation sites is 4. The number of pyridine rings is 1. The second-order valence-corrected chi connectivity index (χ2v) is 9.58. The van der Waals surface area contributed by atoms with Gasteiger partial charge < -0.3 is 14.4 Å². The molecule has 11 heteroatoms. The topological polar surface area (TPSA) is 126 Å². The fourth-order valence-corrected chi connectivity index (χ4v) is 4.77. The fraction of sp³-hybridized carbons (Fsp3) is 0.161. The summed E-state index contributed by atoms with van der Waals surface area (Å²) < 4.78 is 12.8. The first-order valence-corrected chi connectivity index (χ1v) is 13.4. The summed E-state index contributed by atoms with van der Waals surface area (Å²) in [7, 11) is 0.